The fourth-order valence-corrected chi connectivity index (χ4v) is 4.91. The minimum atomic E-state index is -4.46. The molecular weight excluding hydrogens is 455 g/mol. The number of hydrogen-bond acceptors (Lipinski definition) is 6. The number of rotatable bonds is 5. The maximum atomic E-state index is 13.0. The highest BCUT2D eigenvalue weighted by molar-refractivity contribution is 5.81. The summed E-state index contributed by atoms with van der Waals surface area (Å²) in [4.78, 5) is 29.7. The monoisotopic (exact) mass is 485 g/mol. The zero-order valence-electron chi connectivity index (χ0n) is 19.1. The molecular formula is C23H30F3N3O5. The van der Waals surface area contributed by atoms with Gasteiger partial charge in [-0.2, -0.15) is 13.2 Å². The molecule has 0 spiro atoms. The highest BCUT2D eigenvalue weighted by atomic mass is 19.4. The second-order valence-electron chi connectivity index (χ2n) is 9.21. The normalized spacial score (nSPS) is 26.6. The number of hydrogen-bond donors (Lipinski definition) is 1. The minimum Gasteiger partial charge on any atom is -0.481 e. The lowest BCUT2D eigenvalue weighted by molar-refractivity contribution is -0.154. The number of fused-ring (bicyclic) bond motifs is 1. The first-order valence-electron chi connectivity index (χ1n) is 11.5. The molecule has 4 rings (SSSR count). The minimum absolute atomic E-state index is 0.0176. The van der Waals surface area contributed by atoms with Crippen LogP contribution in [-0.2, 0) is 27.0 Å². The van der Waals surface area contributed by atoms with Gasteiger partial charge in [-0.25, -0.2) is 0 Å². The molecule has 0 bridgehead atoms. The Balaban J connectivity index is 1.28. The molecule has 1 aromatic carbocycles. The van der Waals surface area contributed by atoms with E-state index in [0.717, 1.165) is 38.2 Å². The Morgan fingerprint density at radius 3 is 2.65 bits per heavy atom. The molecule has 1 N–H and O–H groups in total. The van der Waals surface area contributed by atoms with Crippen LogP contribution >= 0.6 is 0 Å². The van der Waals surface area contributed by atoms with Crippen molar-refractivity contribution in [3.05, 3.63) is 29.3 Å². The first-order valence-corrected chi connectivity index (χ1v) is 11.5. The number of benzene rings is 1. The van der Waals surface area contributed by atoms with Gasteiger partial charge in [0.1, 0.15) is 11.9 Å². The van der Waals surface area contributed by atoms with Crippen LogP contribution in [0.2, 0.25) is 0 Å². The number of carbonyl (C=O) groups excluding carboxylic acids is 1. The Morgan fingerprint density at radius 1 is 1.21 bits per heavy atom. The Bertz CT molecular complexity index is 904. The van der Waals surface area contributed by atoms with Gasteiger partial charge in [-0.05, 0) is 38.0 Å². The third kappa shape index (κ3) is 5.64. The van der Waals surface area contributed by atoms with Crippen molar-refractivity contribution < 1.29 is 37.3 Å². The van der Waals surface area contributed by atoms with Crippen LogP contribution in [0.4, 0.5) is 13.2 Å². The number of carboxylic acid groups (broad SMARTS) is 1. The zero-order chi connectivity index (χ0) is 24.5. The van der Waals surface area contributed by atoms with Gasteiger partial charge in [0.15, 0.2) is 6.73 Å². The lowest BCUT2D eigenvalue weighted by Gasteiger charge is -2.45. The number of halogens is 3. The number of piperazine rings is 1. The van der Waals surface area contributed by atoms with Crippen molar-refractivity contribution >= 4 is 11.9 Å². The summed E-state index contributed by atoms with van der Waals surface area (Å²) in [6, 6.07) is 3.72. The summed E-state index contributed by atoms with van der Waals surface area (Å²) in [5.41, 5.74) is -0.434. The second kappa shape index (κ2) is 10.1. The van der Waals surface area contributed by atoms with Crippen molar-refractivity contribution in [3.8, 4) is 5.75 Å². The summed E-state index contributed by atoms with van der Waals surface area (Å²) >= 11 is 0. The largest absolute Gasteiger partial charge is 0.481 e. The average molecular weight is 486 g/mol. The van der Waals surface area contributed by atoms with Crippen molar-refractivity contribution in [2.45, 2.75) is 57.1 Å². The summed E-state index contributed by atoms with van der Waals surface area (Å²) in [6.45, 7) is 5.47. The van der Waals surface area contributed by atoms with Gasteiger partial charge in [-0.3, -0.25) is 19.4 Å². The Morgan fingerprint density at radius 2 is 2.00 bits per heavy atom. The molecule has 3 aliphatic rings. The average Bonchev–Trinajstić information content (AvgIpc) is 2.81. The van der Waals surface area contributed by atoms with E-state index in [1.54, 1.807) is 0 Å². The Hall–Kier alpha value is -2.37. The van der Waals surface area contributed by atoms with Gasteiger partial charge >= 0.3 is 12.1 Å². The van der Waals surface area contributed by atoms with Gasteiger partial charge in [0.2, 0.25) is 0 Å². The maximum absolute atomic E-state index is 13.0. The van der Waals surface area contributed by atoms with Crippen molar-refractivity contribution in [2.24, 2.45) is 0 Å². The van der Waals surface area contributed by atoms with E-state index in [-0.39, 0.29) is 37.7 Å². The van der Waals surface area contributed by atoms with E-state index in [0.29, 0.717) is 30.9 Å². The Kier molecular flexibility index (Phi) is 7.34. The third-order valence-corrected chi connectivity index (χ3v) is 6.89. The van der Waals surface area contributed by atoms with E-state index in [4.69, 9.17) is 14.6 Å². The molecule has 2 saturated heterocycles. The van der Waals surface area contributed by atoms with E-state index < -0.39 is 23.8 Å². The topological polar surface area (TPSA) is 82.6 Å². The first-order chi connectivity index (χ1) is 16.1. The number of aliphatic carboxylic acids is 1. The summed E-state index contributed by atoms with van der Waals surface area (Å²) in [5.74, 6) is -0.707. The lowest BCUT2D eigenvalue weighted by atomic mass is 10.0. The quantitative estimate of drug-likeness (QED) is 0.686. The van der Waals surface area contributed by atoms with Gasteiger partial charge in [0, 0.05) is 43.8 Å². The fraction of sp³-hybridized carbons (Fsp3) is 0.652. The molecule has 3 atom stereocenters. The molecule has 1 amide bonds. The van der Waals surface area contributed by atoms with Crippen LogP contribution in [0.25, 0.3) is 0 Å². The van der Waals surface area contributed by atoms with Crippen LogP contribution in [-0.4, -0.2) is 89.4 Å². The van der Waals surface area contributed by atoms with Crippen LogP contribution in [0.15, 0.2) is 18.2 Å². The molecule has 3 heterocycles. The predicted molar refractivity (Wildman–Crippen MR) is 115 cm³/mol. The van der Waals surface area contributed by atoms with E-state index >= 15 is 0 Å². The van der Waals surface area contributed by atoms with Crippen molar-refractivity contribution in [2.75, 3.05) is 39.5 Å². The number of ether oxygens (including phenoxy) is 2. The van der Waals surface area contributed by atoms with Gasteiger partial charge < -0.3 is 19.5 Å². The number of amides is 1. The number of carboxylic acids is 1. The molecule has 0 aromatic heterocycles. The van der Waals surface area contributed by atoms with E-state index in [2.05, 4.69) is 16.7 Å². The predicted octanol–water partition coefficient (Wildman–Crippen LogP) is 2.41. The van der Waals surface area contributed by atoms with Crippen LogP contribution in [0.5, 0.6) is 5.75 Å². The van der Waals surface area contributed by atoms with Crippen LogP contribution in [0.1, 0.15) is 37.3 Å². The zero-order valence-corrected chi connectivity index (χ0v) is 19.1. The molecule has 0 radical (unpaired) electrons. The van der Waals surface area contributed by atoms with Crippen LogP contribution in [0, 0.1) is 0 Å². The molecule has 3 aliphatic heterocycles. The van der Waals surface area contributed by atoms with Gasteiger partial charge in [0.25, 0.3) is 5.91 Å². The highest BCUT2D eigenvalue weighted by Gasteiger charge is 2.37. The Labute approximate surface area is 196 Å². The molecule has 1 aromatic rings. The van der Waals surface area contributed by atoms with Crippen molar-refractivity contribution in [3.63, 3.8) is 0 Å². The lowest BCUT2D eigenvalue weighted by Crippen LogP contribution is -2.57. The molecule has 2 fully saturated rings. The summed E-state index contributed by atoms with van der Waals surface area (Å²) in [7, 11) is 0. The standard InChI is InChI=1S/C23H30F3N3O5/c1-15-11-28(9-8-27(15)7-6-21(30)31)18-3-5-20(33-13-18)22(32)29-12-16-10-17(23(24,25)26)2-4-19(16)34-14-29/h2,4,10,15,18,20H,3,5-9,11-14H2,1H3,(H,30,31). The molecule has 8 nitrogen and oxygen atoms in total. The SMILES string of the molecule is CC1CN(C2CCC(C(=O)N3COc4ccc(C(F)(F)F)cc4C3)OC2)CCN1CCC(=O)O. The van der Waals surface area contributed by atoms with Crippen LogP contribution in [0.3, 0.4) is 0 Å². The smallest absolute Gasteiger partial charge is 0.416 e. The van der Waals surface area contributed by atoms with E-state index in [1.165, 1.54) is 11.0 Å². The number of alkyl halides is 3. The van der Waals surface area contributed by atoms with Crippen molar-refractivity contribution in [1.29, 1.82) is 0 Å². The fourth-order valence-electron chi connectivity index (χ4n) is 4.91. The first kappa shape index (κ1) is 24.7. The van der Waals surface area contributed by atoms with Gasteiger partial charge in [0.05, 0.1) is 25.1 Å². The summed E-state index contributed by atoms with van der Waals surface area (Å²) in [5, 5.41) is 8.91. The molecule has 188 valence electrons. The summed E-state index contributed by atoms with van der Waals surface area (Å²) < 4.78 is 50.5. The van der Waals surface area contributed by atoms with Crippen LogP contribution < -0.4 is 4.74 Å². The molecule has 11 heteroatoms. The van der Waals surface area contributed by atoms with Gasteiger partial charge in [-0.1, -0.05) is 0 Å². The van der Waals surface area contributed by atoms with Crippen molar-refractivity contribution in [1.82, 2.24) is 14.7 Å². The maximum Gasteiger partial charge on any atom is 0.416 e. The second-order valence-corrected chi connectivity index (χ2v) is 9.21. The van der Waals surface area contributed by atoms with E-state index in [1.807, 2.05) is 0 Å². The summed E-state index contributed by atoms with van der Waals surface area (Å²) in [6.07, 6.45) is -3.66. The molecule has 3 unspecified atom stereocenters. The highest BCUT2D eigenvalue weighted by Crippen LogP contribution is 2.35. The number of carbonyl (C=O) groups is 2. The van der Waals surface area contributed by atoms with E-state index in [9.17, 15) is 22.8 Å². The molecule has 0 saturated carbocycles. The third-order valence-electron chi connectivity index (χ3n) is 6.89. The number of nitrogens with zero attached hydrogens (tertiary/aromatic N) is 3. The van der Waals surface area contributed by atoms with Gasteiger partial charge in [-0.15, -0.1) is 0 Å². The molecule has 34 heavy (non-hydrogen) atoms. The molecule has 0 aliphatic carbocycles.